The highest BCUT2D eigenvalue weighted by Gasteiger charge is 2.32. The standard InChI is InChI=1S/C16H24FNO/c1-3-10-18(11-4-2)15-9-8-12-13(16(15)19)6-5-7-14(12)17/h5-7,15-16,19H,3-4,8-11H2,1-2H3. The van der Waals surface area contributed by atoms with Gasteiger partial charge in [0, 0.05) is 6.04 Å². The minimum absolute atomic E-state index is 0.134. The molecule has 0 bridgehead atoms. The Morgan fingerprint density at radius 2 is 1.95 bits per heavy atom. The van der Waals surface area contributed by atoms with Gasteiger partial charge in [0.25, 0.3) is 0 Å². The first kappa shape index (κ1) is 14.5. The molecule has 0 saturated heterocycles. The smallest absolute Gasteiger partial charge is 0.126 e. The summed E-state index contributed by atoms with van der Waals surface area (Å²) in [6.07, 6.45) is 3.18. The molecule has 1 aliphatic carbocycles. The molecule has 106 valence electrons. The molecule has 0 saturated carbocycles. The molecule has 0 heterocycles. The lowest BCUT2D eigenvalue weighted by atomic mass is 9.84. The summed E-state index contributed by atoms with van der Waals surface area (Å²) in [7, 11) is 0. The molecule has 0 spiro atoms. The molecular formula is C16H24FNO. The molecule has 1 aliphatic rings. The minimum atomic E-state index is -0.558. The fourth-order valence-corrected chi connectivity index (χ4v) is 3.17. The van der Waals surface area contributed by atoms with E-state index in [9.17, 15) is 9.50 Å². The summed E-state index contributed by atoms with van der Waals surface area (Å²) >= 11 is 0. The van der Waals surface area contributed by atoms with E-state index < -0.39 is 6.10 Å². The second-order valence-electron chi connectivity index (χ2n) is 5.39. The molecule has 0 amide bonds. The number of hydrogen-bond donors (Lipinski definition) is 1. The Morgan fingerprint density at radius 3 is 2.58 bits per heavy atom. The quantitative estimate of drug-likeness (QED) is 0.883. The third-order valence-corrected chi connectivity index (χ3v) is 4.02. The lowest BCUT2D eigenvalue weighted by Gasteiger charge is -2.38. The Hall–Kier alpha value is -0.930. The van der Waals surface area contributed by atoms with Crippen LogP contribution in [0.3, 0.4) is 0 Å². The van der Waals surface area contributed by atoms with Crippen LogP contribution in [0.15, 0.2) is 18.2 Å². The van der Waals surface area contributed by atoms with E-state index in [1.54, 1.807) is 6.07 Å². The summed E-state index contributed by atoms with van der Waals surface area (Å²) in [6.45, 7) is 6.32. The van der Waals surface area contributed by atoms with Crippen LogP contribution in [0.4, 0.5) is 4.39 Å². The molecule has 2 atom stereocenters. The lowest BCUT2D eigenvalue weighted by molar-refractivity contribution is 0.0351. The van der Waals surface area contributed by atoms with Crippen LogP contribution in [0, 0.1) is 5.82 Å². The SMILES string of the molecule is CCCN(CCC)C1CCc2c(F)cccc2C1O. The van der Waals surface area contributed by atoms with E-state index in [0.29, 0.717) is 5.56 Å². The van der Waals surface area contributed by atoms with Crippen LogP contribution in [0.25, 0.3) is 0 Å². The highest BCUT2D eigenvalue weighted by atomic mass is 19.1. The predicted molar refractivity (Wildman–Crippen MR) is 75.6 cm³/mol. The van der Waals surface area contributed by atoms with Gasteiger partial charge in [0.05, 0.1) is 6.10 Å². The van der Waals surface area contributed by atoms with Crippen molar-refractivity contribution in [1.82, 2.24) is 4.90 Å². The molecule has 1 aromatic carbocycles. The van der Waals surface area contributed by atoms with E-state index in [-0.39, 0.29) is 11.9 Å². The van der Waals surface area contributed by atoms with Gasteiger partial charge in [0.1, 0.15) is 5.82 Å². The number of hydrogen-bond acceptors (Lipinski definition) is 2. The molecule has 0 aliphatic heterocycles. The van der Waals surface area contributed by atoms with Crippen molar-refractivity contribution in [3.8, 4) is 0 Å². The number of fused-ring (bicyclic) bond motifs is 1. The second-order valence-corrected chi connectivity index (χ2v) is 5.39. The van der Waals surface area contributed by atoms with E-state index in [0.717, 1.165) is 44.3 Å². The average Bonchev–Trinajstić information content (AvgIpc) is 2.40. The van der Waals surface area contributed by atoms with Gasteiger partial charge in [-0.15, -0.1) is 0 Å². The van der Waals surface area contributed by atoms with Gasteiger partial charge in [0.2, 0.25) is 0 Å². The Bertz CT molecular complexity index is 415. The Morgan fingerprint density at radius 1 is 1.26 bits per heavy atom. The van der Waals surface area contributed by atoms with Crippen LogP contribution < -0.4 is 0 Å². The zero-order valence-corrected chi connectivity index (χ0v) is 11.9. The molecule has 1 N–H and O–H groups in total. The van der Waals surface area contributed by atoms with Gasteiger partial charge in [-0.3, -0.25) is 4.90 Å². The van der Waals surface area contributed by atoms with E-state index in [2.05, 4.69) is 18.7 Å². The highest BCUT2D eigenvalue weighted by Crippen LogP contribution is 2.34. The van der Waals surface area contributed by atoms with Crippen LogP contribution in [0.5, 0.6) is 0 Å². The second kappa shape index (κ2) is 6.49. The third-order valence-electron chi connectivity index (χ3n) is 4.02. The molecule has 0 aromatic heterocycles. The van der Waals surface area contributed by atoms with Gasteiger partial charge < -0.3 is 5.11 Å². The Labute approximate surface area is 115 Å². The van der Waals surface area contributed by atoms with Crippen molar-refractivity contribution in [3.63, 3.8) is 0 Å². The molecular weight excluding hydrogens is 241 g/mol. The number of nitrogens with zero attached hydrogens (tertiary/aromatic N) is 1. The monoisotopic (exact) mass is 265 g/mol. The van der Waals surface area contributed by atoms with Gasteiger partial charge in [-0.05, 0) is 56.0 Å². The summed E-state index contributed by atoms with van der Waals surface area (Å²) in [5.74, 6) is -0.174. The predicted octanol–water partition coefficient (Wildman–Crippen LogP) is 3.30. The highest BCUT2D eigenvalue weighted by molar-refractivity contribution is 5.34. The summed E-state index contributed by atoms with van der Waals surface area (Å²) in [5.41, 5.74) is 1.49. The maximum Gasteiger partial charge on any atom is 0.126 e. The molecule has 2 nitrogen and oxygen atoms in total. The fourth-order valence-electron chi connectivity index (χ4n) is 3.17. The van der Waals surface area contributed by atoms with Crippen molar-refractivity contribution in [3.05, 3.63) is 35.1 Å². The van der Waals surface area contributed by atoms with Crippen LogP contribution >= 0.6 is 0 Å². The first-order valence-electron chi connectivity index (χ1n) is 7.38. The normalized spacial score (nSPS) is 22.6. The molecule has 19 heavy (non-hydrogen) atoms. The van der Waals surface area contributed by atoms with E-state index in [1.165, 1.54) is 6.07 Å². The number of aliphatic hydroxyl groups is 1. The van der Waals surface area contributed by atoms with Gasteiger partial charge in [-0.25, -0.2) is 4.39 Å². The van der Waals surface area contributed by atoms with Gasteiger partial charge in [-0.2, -0.15) is 0 Å². The van der Waals surface area contributed by atoms with Crippen LogP contribution in [0.2, 0.25) is 0 Å². The van der Waals surface area contributed by atoms with Crippen molar-refractivity contribution in [2.75, 3.05) is 13.1 Å². The van der Waals surface area contributed by atoms with E-state index in [4.69, 9.17) is 0 Å². The topological polar surface area (TPSA) is 23.5 Å². The number of benzene rings is 1. The molecule has 3 heteroatoms. The first-order valence-corrected chi connectivity index (χ1v) is 7.38. The van der Waals surface area contributed by atoms with E-state index >= 15 is 0 Å². The molecule has 1 aromatic rings. The maximum atomic E-state index is 13.7. The van der Waals surface area contributed by atoms with Crippen LogP contribution in [-0.2, 0) is 6.42 Å². The zero-order valence-electron chi connectivity index (χ0n) is 11.9. The molecule has 0 radical (unpaired) electrons. The van der Waals surface area contributed by atoms with E-state index in [1.807, 2.05) is 6.07 Å². The van der Waals surface area contributed by atoms with Gasteiger partial charge in [-0.1, -0.05) is 26.0 Å². The minimum Gasteiger partial charge on any atom is -0.387 e. The number of halogens is 1. The number of rotatable bonds is 5. The van der Waals surface area contributed by atoms with Crippen molar-refractivity contribution < 1.29 is 9.50 Å². The number of aliphatic hydroxyl groups excluding tert-OH is 1. The largest absolute Gasteiger partial charge is 0.387 e. The van der Waals surface area contributed by atoms with Crippen molar-refractivity contribution in [2.45, 2.75) is 51.7 Å². The average molecular weight is 265 g/mol. The molecule has 2 unspecified atom stereocenters. The van der Waals surface area contributed by atoms with Crippen molar-refractivity contribution in [1.29, 1.82) is 0 Å². The lowest BCUT2D eigenvalue weighted by Crippen LogP contribution is -2.43. The zero-order chi connectivity index (χ0) is 13.8. The van der Waals surface area contributed by atoms with Crippen molar-refractivity contribution in [2.24, 2.45) is 0 Å². The first-order chi connectivity index (χ1) is 9.19. The molecule has 0 fully saturated rings. The Kier molecular flexibility index (Phi) is 4.94. The van der Waals surface area contributed by atoms with Crippen molar-refractivity contribution >= 4 is 0 Å². The van der Waals surface area contributed by atoms with Gasteiger partial charge in [0.15, 0.2) is 0 Å². The fraction of sp³-hybridized carbons (Fsp3) is 0.625. The van der Waals surface area contributed by atoms with Crippen LogP contribution in [0.1, 0.15) is 50.3 Å². The Balaban J connectivity index is 2.22. The third kappa shape index (κ3) is 2.98. The summed E-state index contributed by atoms with van der Waals surface area (Å²) in [4.78, 5) is 2.36. The van der Waals surface area contributed by atoms with Crippen LogP contribution in [-0.4, -0.2) is 29.1 Å². The molecule has 2 rings (SSSR count). The maximum absolute atomic E-state index is 13.7. The summed E-state index contributed by atoms with van der Waals surface area (Å²) in [5, 5.41) is 10.6. The summed E-state index contributed by atoms with van der Waals surface area (Å²) in [6, 6.07) is 5.19. The summed E-state index contributed by atoms with van der Waals surface area (Å²) < 4.78 is 13.7. The van der Waals surface area contributed by atoms with Gasteiger partial charge >= 0.3 is 0 Å².